The third kappa shape index (κ3) is 2.73. The summed E-state index contributed by atoms with van der Waals surface area (Å²) in [6.45, 7) is 0. The third-order valence-electron chi connectivity index (χ3n) is 1.68. The first-order valence-electron chi connectivity index (χ1n) is 3.76. The third-order valence-corrected chi connectivity index (χ3v) is 3.64. The Morgan fingerprint density at radius 1 is 1.67 bits per heavy atom. The van der Waals surface area contributed by atoms with Crippen molar-refractivity contribution in [1.82, 2.24) is 5.32 Å². The highest BCUT2D eigenvalue weighted by atomic mass is 79.9. The maximum absolute atomic E-state index is 5.68. The molecule has 1 rings (SSSR count). The van der Waals surface area contributed by atoms with Gasteiger partial charge in [-0.15, -0.1) is 22.9 Å². The molecule has 0 radical (unpaired) electrons. The van der Waals surface area contributed by atoms with Crippen molar-refractivity contribution >= 4 is 38.9 Å². The van der Waals surface area contributed by atoms with Crippen LogP contribution in [0.4, 0.5) is 0 Å². The molecule has 1 aromatic rings. The van der Waals surface area contributed by atoms with Gasteiger partial charge in [0.15, 0.2) is 0 Å². The van der Waals surface area contributed by atoms with Crippen molar-refractivity contribution in [2.24, 2.45) is 0 Å². The summed E-state index contributed by atoms with van der Waals surface area (Å²) in [5, 5.41) is 3.24. The van der Waals surface area contributed by atoms with Crippen LogP contribution in [0.15, 0.2) is 15.9 Å². The predicted molar refractivity (Wildman–Crippen MR) is 59.2 cm³/mol. The van der Waals surface area contributed by atoms with Crippen LogP contribution in [-0.2, 0) is 0 Å². The van der Waals surface area contributed by atoms with Crippen molar-refractivity contribution in [2.45, 2.75) is 12.5 Å². The normalized spacial score (nSPS) is 13.2. The fourth-order valence-electron chi connectivity index (χ4n) is 1.05. The Labute approximate surface area is 90.3 Å². The zero-order valence-electron chi connectivity index (χ0n) is 6.81. The topological polar surface area (TPSA) is 12.0 Å². The number of alkyl halides is 1. The summed E-state index contributed by atoms with van der Waals surface area (Å²) in [5.41, 5.74) is 0. The quantitative estimate of drug-likeness (QED) is 0.825. The van der Waals surface area contributed by atoms with Gasteiger partial charge >= 0.3 is 0 Å². The van der Waals surface area contributed by atoms with E-state index < -0.39 is 0 Å². The summed E-state index contributed by atoms with van der Waals surface area (Å²) in [4.78, 5) is 1.34. The maximum Gasteiger partial charge on any atom is 0.0701 e. The first-order valence-corrected chi connectivity index (χ1v) is 5.90. The van der Waals surface area contributed by atoms with Crippen LogP contribution in [0.5, 0.6) is 0 Å². The lowest BCUT2D eigenvalue weighted by molar-refractivity contribution is 0.589. The van der Waals surface area contributed by atoms with Crippen LogP contribution in [-0.4, -0.2) is 12.9 Å². The molecule has 1 nitrogen and oxygen atoms in total. The molecule has 0 spiro atoms. The number of halogens is 2. The van der Waals surface area contributed by atoms with Crippen LogP contribution >= 0.6 is 38.9 Å². The highest BCUT2D eigenvalue weighted by Gasteiger charge is 2.09. The van der Waals surface area contributed by atoms with Crippen molar-refractivity contribution in [3.8, 4) is 0 Å². The van der Waals surface area contributed by atoms with Gasteiger partial charge in [0, 0.05) is 16.8 Å². The van der Waals surface area contributed by atoms with Gasteiger partial charge in [-0.05, 0) is 41.5 Å². The SMILES string of the molecule is CNC(CCCl)c1ccc(Br)s1. The highest BCUT2D eigenvalue weighted by molar-refractivity contribution is 9.11. The van der Waals surface area contributed by atoms with Gasteiger partial charge in [0.05, 0.1) is 3.79 Å². The van der Waals surface area contributed by atoms with Crippen LogP contribution in [0, 0.1) is 0 Å². The molecule has 4 heteroatoms. The van der Waals surface area contributed by atoms with Gasteiger partial charge in [0.2, 0.25) is 0 Å². The number of hydrogen-bond acceptors (Lipinski definition) is 2. The second-order valence-corrected chi connectivity index (χ2v) is 5.33. The monoisotopic (exact) mass is 267 g/mol. The predicted octanol–water partition coefficient (Wildman–Crippen LogP) is 3.40. The minimum absolute atomic E-state index is 0.402. The summed E-state index contributed by atoms with van der Waals surface area (Å²) >= 11 is 10.9. The van der Waals surface area contributed by atoms with Crippen molar-refractivity contribution in [3.63, 3.8) is 0 Å². The number of nitrogens with one attached hydrogen (secondary N) is 1. The van der Waals surface area contributed by atoms with Gasteiger partial charge in [0.25, 0.3) is 0 Å². The van der Waals surface area contributed by atoms with Gasteiger partial charge in [-0.1, -0.05) is 0 Å². The zero-order chi connectivity index (χ0) is 8.97. The van der Waals surface area contributed by atoms with Gasteiger partial charge in [0.1, 0.15) is 0 Å². The summed E-state index contributed by atoms with van der Waals surface area (Å²) in [7, 11) is 1.96. The first kappa shape index (κ1) is 10.5. The van der Waals surface area contributed by atoms with E-state index in [0.29, 0.717) is 11.9 Å². The van der Waals surface area contributed by atoms with Crippen LogP contribution in [0.2, 0.25) is 0 Å². The Bertz CT molecular complexity index is 239. The second-order valence-electron chi connectivity index (χ2n) is 2.46. The van der Waals surface area contributed by atoms with Gasteiger partial charge in [-0.25, -0.2) is 0 Å². The van der Waals surface area contributed by atoms with E-state index in [1.165, 1.54) is 8.66 Å². The zero-order valence-corrected chi connectivity index (χ0v) is 9.97. The van der Waals surface area contributed by atoms with Crippen LogP contribution in [0.3, 0.4) is 0 Å². The summed E-state index contributed by atoms with van der Waals surface area (Å²) in [5.74, 6) is 0.695. The Morgan fingerprint density at radius 2 is 2.42 bits per heavy atom. The van der Waals surface area contributed by atoms with Crippen LogP contribution in [0.25, 0.3) is 0 Å². The molecule has 1 heterocycles. The average Bonchev–Trinajstić information content (AvgIpc) is 2.47. The van der Waals surface area contributed by atoms with E-state index >= 15 is 0 Å². The molecular formula is C8H11BrClNS. The molecular weight excluding hydrogens is 258 g/mol. The highest BCUT2D eigenvalue weighted by Crippen LogP contribution is 2.28. The molecule has 1 N–H and O–H groups in total. The van der Waals surface area contributed by atoms with Crippen molar-refractivity contribution in [1.29, 1.82) is 0 Å². The number of thiophene rings is 1. The molecule has 68 valence electrons. The molecule has 1 unspecified atom stereocenters. The van der Waals surface area contributed by atoms with E-state index in [4.69, 9.17) is 11.6 Å². The summed E-state index contributed by atoms with van der Waals surface area (Å²) < 4.78 is 1.17. The second kappa shape index (κ2) is 5.22. The molecule has 0 aliphatic heterocycles. The Morgan fingerprint density at radius 3 is 2.83 bits per heavy atom. The number of hydrogen-bond donors (Lipinski definition) is 1. The van der Waals surface area contributed by atoms with Crippen LogP contribution in [0.1, 0.15) is 17.3 Å². The van der Waals surface area contributed by atoms with Gasteiger partial charge < -0.3 is 5.32 Å². The fourth-order valence-corrected chi connectivity index (χ4v) is 2.84. The average molecular weight is 269 g/mol. The molecule has 0 bridgehead atoms. The largest absolute Gasteiger partial charge is 0.312 e. The molecule has 0 aliphatic rings. The van der Waals surface area contributed by atoms with E-state index in [1.54, 1.807) is 11.3 Å². The van der Waals surface area contributed by atoms with E-state index in [1.807, 2.05) is 7.05 Å². The first-order chi connectivity index (χ1) is 5.77. The van der Waals surface area contributed by atoms with E-state index in [9.17, 15) is 0 Å². The molecule has 0 amide bonds. The summed E-state index contributed by atoms with van der Waals surface area (Å²) in [6.07, 6.45) is 0.977. The smallest absolute Gasteiger partial charge is 0.0701 e. The lowest BCUT2D eigenvalue weighted by Gasteiger charge is -2.11. The molecule has 0 fully saturated rings. The minimum Gasteiger partial charge on any atom is -0.312 e. The Hall–Kier alpha value is 0.430. The molecule has 0 saturated heterocycles. The Balaban J connectivity index is 2.66. The van der Waals surface area contributed by atoms with Gasteiger partial charge in [-0.3, -0.25) is 0 Å². The number of rotatable bonds is 4. The van der Waals surface area contributed by atoms with Crippen molar-refractivity contribution in [2.75, 3.05) is 12.9 Å². The summed E-state index contributed by atoms with van der Waals surface area (Å²) in [6, 6.07) is 4.60. The lowest BCUT2D eigenvalue weighted by atomic mass is 10.2. The minimum atomic E-state index is 0.402. The molecule has 0 aromatic carbocycles. The lowest BCUT2D eigenvalue weighted by Crippen LogP contribution is -2.15. The van der Waals surface area contributed by atoms with Crippen molar-refractivity contribution in [3.05, 3.63) is 20.8 Å². The Kier molecular flexibility index (Phi) is 4.57. The van der Waals surface area contributed by atoms with E-state index in [2.05, 4.69) is 33.4 Å². The molecule has 0 saturated carbocycles. The standard InChI is InChI=1S/C8H11BrClNS/c1-11-6(4-5-10)7-2-3-8(9)12-7/h2-3,6,11H,4-5H2,1H3. The van der Waals surface area contributed by atoms with Crippen LogP contribution < -0.4 is 5.32 Å². The van der Waals surface area contributed by atoms with E-state index in [-0.39, 0.29) is 0 Å². The van der Waals surface area contributed by atoms with Gasteiger partial charge in [-0.2, -0.15) is 0 Å². The van der Waals surface area contributed by atoms with E-state index in [0.717, 1.165) is 6.42 Å². The molecule has 12 heavy (non-hydrogen) atoms. The molecule has 0 aliphatic carbocycles. The van der Waals surface area contributed by atoms with Crippen molar-refractivity contribution < 1.29 is 0 Å². The molecule has 1 aromatic heterocycles. The molecule has 1 atom stereocenters. The maximum atomic E-state index is 5.68. The fraction of sp³-hybridized carbons (Fsp3) is 0.500.